The number of nitrogens with one attached hydrogen (secondary N) is 1. The van der Waals surface area contributed by atoms with Gasteiger partial charge in [0.25, 0.3) is 0 Å². The maximum atomic E-state index is 11.8. The lowest BCUT2D eigenvalue weighted by atomic mass is 10.1. The highest BCUT2D eigenvalue weighted by molar-refractivity contribution is 5.76. The molecule has 0 aromatic carbocycles. The summed E-state index contributed by atoms with van der Waals surface area (Å²) in [5.74, 6) is 0.389. The van der Waals surface area contributed by atoms with Gasteiger partial charge in [0.15, 0.2) is 0 Å². The summed E-state index contributed by atoms with van der Waals surface area (Å²) in [6, 6.07) is 0. The lowest BCUT2D eigenvalue weighted by Crippen LogP contribution is -2.43. The average Bonchev–Trinajstić information content (AvgIpc) is 2.98. The van der Waals surface area contributed by atoms with Crippen molar-refractivity contribution >= 4 is 5.91 Å². The zero-order valence-corrected chi connectivity index (χ0v) is 12.2. The van der Waals surface area contributed by atoms with Crippen molar-refractivity contribution in [1.82, 2.24) is 15.1 Å². The van der Waals surface area contributed by atoms with Crippen LogP contribution in [0.1, 0.15) is 44.9 Å². The molecule has 2 aliphatic heterocycles. The molecule has 2 saturated heterocycles. The van der Waals surface area contributed by atoms with Gasteiger partial charge in [0.2, 0.25) is 5.91 Å². The van der Waals surface area contributed by atoms with Crippen LogP contribution in [-0.4, -0.2) is 61.5 Å². The molecule has 0 unspecified atom stereocenters. The van der Waals surface area contributed by atoms with Gasteiger partial charge in [-0.15, -0.1) is 0 Å². The summed E-state index contributed by atoms with van der Waals surface area (Å²) in [4.78, 5) is 16.4. The second-order valence-corrected chi connectivity index (χ2v) is 5.84. The third-order valence-electron chi connectivity index (χ3n) is 4.28. The summed E-state index contributed by atoms with van der Waals surface area (Å²) < 4.78 is 0. The summed E-state index contributed by atoms with van der Waals surface area (Å²) in [5, 5.41) is 3.38. The molecule has 2 heterocycles. The molecule has 4 heteroatoms. The zero-order chi connectivity index (χ0) is 13.3. The first-order valence-corrected chi connectivity index (χ1v) is 8.07. The standard InChI is InChI=1S/C15H29N3O/c19-15(18-11-5-6-12-18)7-3-1-2-4-10-17-13-8-16-9-14-17/h16H,1-14H2. The molecule has 2 rings (SSSR count). The summed E-state index contributed by atoms with van der Waals surface area (Å²) in [6.07, 6.45) is 8.04. The third kappa shape index (κ3) is 5.49. The normalized spacial score (nSPS) is 20.9. The number of hydrogen-bond acceptors (Lipinski definition) is 3. The summed E-state index contributed by atoms with van der Waals surface area (Å²) in [6.45, 7) is 7.93. The van der Waals surface area contributed by atoms with Gasteiger partial charge in [-0.1, -0.05) is 12.8 Å². The largest absolute Gasteiger partial charge is 0.343 e. The molecule has 0 atom stereocenters. The van der Waals surface area contributed by atoms with Crippen LogP contribution in [0.2, 0.25) is 0 Å². The number of likely N-dealkylation sites (tertiary alicyclic amines) is 1. The van der Waals surface area contributed by atoms with Crippen LogP contribution in [0.3, 0.4) is 0 Å². The predicted molar refractivity (Wildman–Crippen MR) is 78.2 cm³/mol. The number of carbonyl (C=O) groups excluding carboxylic acids is 1. The van der Waals surface area contributed by atoms with Crippen LogP contribution in [0.25, 0.3) is 0 Å². The van der Waals surface area contributed by atoms with E-state index in [1.807, 2.05) is 4.90 Å². The lowest BCUT2D eigenvalue weighted by Gasteiger charge is -2.27. The molecule has 1 N–H and O–H groups in total. The predicted octanol–water partition coefficient (Wildman–Crippen LogP) is 1.46. The fourth-order valence-electron chi connectivity index (χ4n) is 3.02. The van der Waals surface area contributed by atoms with Gasteiger partial charge in [-0.3, -0.25) is 4.79 Å². The molecular formula is C15H29N3O. The van der Waals surface area contributed by atoms with Crippen molar-refractivity contribution in [3.63, 3.8) is 0 Å². The Morgan fingerprint density at radius 2 is 1.58 bits per heavy atom. The van der Waals surface area contributed by atoms with Crippen molar-refractivity contribution in [1.29, 1.82) is 0 Å². The van der Waals surface area contributed by atoms with Crippen molar-refractivity contribution in [2.75, 3.05) is 45.8 Å². The van der Waals surface area contributed by atoms with Crippen molar-refractivity contribution in [2.24, 2.45) is 0 Å². The Morgan fingerprint density at radius 3 is 2.32 bits per heavy atom. The first kappa shape index (κ1) is 14.8. The van der Waals surface area contributed by atoms with E-state index in [9.17, 15) is 4.79 Å². The summed E-state index contributed by atoms with van der Waals surface area (Å²) >= 11 is 0. The van der Waals surface area contributed by atoms with Crippen LogP contribution < -0.4 is 5.32 Å². The number of rotatable bonds is 7. The SMILES string of the molecule is O=C(CCCCCCN1CCNCC1)N1CCCC1. The van der Waals surface area contributed by atoms with Crippen molar-refractivity contribution in [3.8, 4) is 0 Å². The molecule has 0 radical (unpaired) electrons. The monoisotopic (exact) mass is 267 g/mol. The minimum Gasteiger partial charge on any atom is -0.343 e. The highest BCUT2D eigenvalue weighted by Crippen LogP contribution is 2.12. The Bertz CT molecular complexity index is 258. The highest BCUT2D eigenvalue weighted by atomic mass is 16.2. The number of piperazine rings is 1. The van der Waals surface area contributed by atoms with E-state index in [-0.39, 0.29) is 0 Å². The van der Waals surface area contributed by atoms with Crippen LogP contribution in [0.4, 0.5) is 0 Å². The van der Waals surface area contributed by atoms with Crippen LogP contribution in [0.5, 0.6) is 0 Å². The van der Waals surface area contributed by atoms with Gasteiger partial charge in [-0.2, -0.15) is 0 Å². The second kappa shape index (κ2) is 8.54. The van der Waals surface area contributed by atoms with Gasteiger partial charge in [0, 0.05) is 45.7 Å². The van der Waals surface area contributed by atoms with Gasteiger partial charge < -0.3 is 15.1 Å². The molecular weight excluding hydrogens is 238 g/mol. The molecule has 2 fully saturated rings. The van der Waals surface area contributed by atoms with E-state index in [4.69, 9.17) is 0 Å². The van der Waals surface area contributed by atoms with Gasteiger partial charge in [-0.25, -0.2) is 0 Å². The summed E-state index contributed by atoms with van der Waals surface area (Å²) in [7, 11) is 0. The molecule has 1 amide bonds. The lowest BCUT2D eigenvalue weighted by molar-refractivity contribution is -0.130. The van der Waals surface area contributed by atoms with Gasteiger partial charge in [-0.05, 0) is 32.2 Å². The highest BCUT2D eigenvalue weighted by Gasteiger charge is 2.16. The molecule has 110 valence electrons. The molecule has 0 bridgehead atoms. The molecule has 0 aromatic heterocycles. The van der Waals surface area contributed by atoms with Gasteiger partial charge in [0.05, 0.1) is 0 Å². The fraction of sp³-hybridized carbons (Fsp3) is 0.933. The Morgan fingerprint density at radius 1 is 0.895 bits per heavy atom. The van der Waals surface area contributed by atoms with E-state index < -0.39 is 0 Å². The number of amides is 1. The average molecular weight is 267 g/mol. The quantitative estimate of drug-likeness (QED) is 0.710. The number of unbranched alkanes of at least 4 members (excludes halogenated alkanes) is 3. The fourth-order valence-corrected chi connectivity index (χ4v) is 3.02. The molecule has 0 aliphatic carbocycles. The molecule has 0 saturated carbocycles. The van der Waals surface area contributed by atoms with Crippen molar-refractivity contribution in [2.45, 2.75) is 44.9 Å². The Balaban J connectivity index is 1.42. The van der Waals surface area contributed by atoms with E-state index in [1.54, 1.807) is 0 Å². The van der Waals surface area contributed by atoms with Crippen LogP contribution >= 0.6 is 0 Å². The zero-order valence-electron chi connectivity index (χ0n) is 12.2. The number of nitrogens with zero attached hydrogens (tertiary/aromatic N) is 2. The first-order chi connectivity index (χ1) is 9.36. The number of carbonyl (C=O) groups is 1. The van der Waals surface area contributed by atoms with E-state index >= 15 is 0 Å². The maximum Gasteiger partial charge on any atom is 0.222 e. The third-order valence-corrected chi connectivity index (χ3v) is 4.28. The Hall–Kier alpha value is -0.610. The van der Waals surface area contributed by atoms with Crippen LogP contribution in [0, 0.1) is 0 Å². The Kier molecular flexibility index (Phi) is 6.65. The topological polar surface area (TPSA) is 35.6 Å². The van der Waals surface area contributed by atoms with E-state index in [1.165, 1.54) is 51.7 Å². The van der Waals surface area contributed by atoms with Crippen molar-refractivity contribution < 1.29 is 4.79 Å². The molecule has 19 heavy (non-hydrogen) atoms. The van der Waals surface area contributed by atoms with Crippen molar-refractivity contribution in [3.05, 3.63) is 0 Å². The molecule has 0 aromatic rings. The van der Waals surface area contributed by atoms with E-state index in [2.05, 4.69) is 10.2 Å². The number of hydrogen-bond donors (Lipinski definition) is 1. The Labute approximate surface area is 117 Å². The summed E-state index contributed by atoms with van der Waals surface area (Å²) in [5.41, 5.74) is 0. The minimum atomic E-state index is 0.389. The van der Waals surface area contributed by atoms with Gasteiger partial charge in [0.1, 0.15) is 0 Å². The molecule has 2 aliphatic rings. The minimum absolute atomic E-state index is 0.389. The maximum absolute atomic E-state index is 11.8. The van der Waals surface area contributed by atoms with Crippen LogP contribution in [-0.2, 0) is 4.79 Å². The second-order valence-electron chi connectivity index (χ2n) is 5.84. The van der Waals surface area contributed by atoms with Crippen LogP contribution in [0.15, 0.2) is 0 Å². The smallest absolute Gasteiger partial charge is 0.222 e. The van der Waals surface area contributed by atoms with E-state index in [0.717, 1.165) is 39.0 Å². The van der Waals surface area contributed by atoms with Gasteiger partial charge >= 0.3 is 0 Å². The van der Waals surface area contributed by atoms with E-state index in [0.29, 0.717) is 5.91 Å². The first-order valence-electron chi connectivity index (χ1n) is 8.07. The molecule has 0 spiro atoms. The molecule has 4 nitrogen and oxygen atoms in total.